The van der Waals surface area contributed by atoms with Gasteiger partial charge in [-0.25, -0.2) is 13.1 Å². The van der Waals surface area contributed by atoms with Crippen LogP contribution >= 0.6 is 0 Å². The molecule has 2 aliphatic heterocycles. The number of carbonyl (C=O) groups excluding carboxylic acids is 1. The second-order valence-corrected chi connectivity index (χ2v) is 9.71. The van der Waals surface area contributed by atoms with Crippen LogP contribution in [0.2, 0.25) is 0 Å². The quantitative estimate of drug-likeness (QED) is 0.601. The number of hydrogen-bond donors (Lipinski definition) is 2. The molecule has 0 bridgehead atoms. The Kier molecular flexibility index (Phi) is 7.81. The van der Waals surface area contributed by atoms with Crippen LogP contribution in [0.3, 0.4) is 0 Å². The van der Waals surface area contributed by atoms with Crippen molar-refractivity contribution in [3.05, 3.63) is 48.0 Å². The standard InChI is InChI=1S/C23H29N3O6S/c27-23(25-19-4-1-3-18(15-19)17-26-9-13-30-14-10-26)7-8-24-33(28,29)20-5-6-21-22(16-20)32-12-2-11-31-21/h1,3-6,15-16,24H,2,7-14,17H2,(H,25,27). The largest absolute Gasteiger partial charge is 0.490 e. The smallest absolute Gasteiger partial charge is 0.240 e. The topological polar surface area (TPSA) is 106 Å². The van der Waals surface area contributed by atoms with Crippen molar-refractivity contribution in [2.45, 2.75) is 24.3 Å². The summed E-state index contributed by atoms with van der Waals surface area (Å²) < 4.78 is 44.2. The highest BCUT2D eigenvalue weighted by Crippen LogP contribution is 2.31. The average Bonchev–Trinajstić information content (AvgIpc) is 3.05. The van der Waals surface area contributed by atoms with Crippen LogP contribution in [0.25, 0.3) is 0 Å². The number of sulfonamides is 1. The molecule has 0 saturated carbocycles. The number of anilines is 1. The number of hydrogen-bond acceptors (Lipinski definition) is 7. The van der Waals surface area contributed by atoms with E-state index in [1.807, 2.05) is 24.3 Å². The zero-order valence-corrected chi connectivity index (χ0v) is 19.2. The number of nitrogens with one attached hydrogen (secondary N) is 2. The Labute approximate surface area is 194 Å². The Balaban J connectivity index is 1.27. The van der Waals surface area contributed by atoms with Gasteiger partial charge in [0.25, 0.3) is 0 Å². The van der Waals surface area contributed by atoms with Crippen LogP contribution in [-0.2, 0) is 26.1 Å². The highest BCUT2D eigenvalue weighted by molar-refractivity contribution is 7.89. The van der Waals surface area contributed by atoms with Gasteiger partial charge in [0.05, 0.1) is 31.3 Å². The summed E-state index contributed by atoms with van der Waals surface area (Å²) in [5.41, 5.74) is 1.79. The summed E-state index contributed by atoms with van der Waals surface area (Å²) in [6.45, 7) is 5.02. The summed E-state index contributed by atoms with van der Waals surface area (Å²) in [5, 5.41) is 2.84. The molecule has 0 aliphatic carbocycles. The van der Waals surface area contributed by atoms with E-state index in [2.05, 4.69) is 14.9 Å². The van der Waals surface area contributed by atoms with Gasteiger partial charge in [0, 0.05) is 50.8 Å². The molecule has 0 aromatic heterocycles. The summed E-state index contributed by atoms with van der Waals surface area (Å²) in [5.74, 6) is 0.673. The number of carbonyl (C=O) groups is 1. The zero-order chi connectivity index (χ0) is 23.1. The van der Waals surface area contributed by atoms with Crippen molar-refractivity contribution >= 4 is 21.6 Å². The molecule has 2 aliphatic rings. The summed E-state index contributed by atoms with van der Waals surface area (Å²) in [7, 11) is -3.78. The molecule has 2 heterocycles. The molecule has 2 N–H and O–H groups in total. The first-order chi connectivity index (χ1) is 16.0. The normalized spacial score (nSPS) is 16.7. The monoisotopic (exact) mass is 475 g/mol. The van der Waals surface area contributed by atoms with Crippen LogP contribution in [0.5, 0.6) is 11.5 Å². The molecule has 9 nitrogen and oxygen atoms in total. The molecule has 10 heteroatoms. The number of benzene rings is 2. The molecule has 178 valence electrons. The molecule has 0 unspecified atom stereocenters. The minimum Gasteiger partial charge on any atom is -0.490 e. The lowest BCUT2D eigenvalue weighted by molar-refractivity contribution is -0.116. The molecular formula is C23H29N3O6S. The molecule has 1 amide bonds. The average molecular weight is 476 g/mol. The maximum absolute atomic E-state index is 12.6. The van der Waals surface area contributed by atoms with Crippen molar-refractivity contribution in [2.24, 2.45) is 0 Å². The summed E-state index contributed by atoms with van der Waals surface area (Å²) in [6, 6.07) is 12.2. The molecule has 0 radical (unpaired) electrons. The van der Waals surface area contributed by atoms with Crippen LogP contribution in [0.1, 0.15) is 18.4 Å². The molecule has 2 aromatic carbocycles. The van der Waals surface area contributed by atoms with E-state index >= 15 is 0 Å². The van der Waals surface area contributed by atoms with Crippen LogP contribution in [0, 0.1) is 0 Å². The number of ether oxygens (including phenoxy) is 3. The lowest BCUT2D eigenvalue weighted by Crippen LogP contribution is -2.35. The second kappa shape index (κ2) is 11.0. The third kappa shape index (κ3) is 6.67. The molecular weight excluding hydrogens is 446 g/mol. The van der Waals surface area contributed by atoms with Crippen LogP contribution in [0.15, 0.2) is 47.4 Å². The van der Waals surface area contributed by atoms with Crippen molar-refractivity contribution < 1.29 is 27.4 Å². The number of morpholine rings is 1. The molecule has 1 saturated heterocycles. The van der Waals surface area contributed by atoms with Crippen molar-refractivity contribution in [3.8, 4) is 11.5 Å². The van der Waals surface area contributed by atoms with Gasteiger partial charge >= 0.3 is 0 Å². The lowest BCUT2D eigenvalue weighted by atomic mass is 10.1. The van der Waals surface area contributed by atoms with Crippen LogP contribution in [0.4, 0.5) is 5.69 Å². The molecule has 0 atom stereocenters. The van der Waals surface area contributed by atoms with Gasteiger partial charge in [0.1, 0.15) is 0 Å². The third-order valence-corrected chi connectivity index (χ3v) is 6.85. The second-order valence-electron chi connectivity index (χ2n) is 7.94. The van der Waals surface area contributed by atoms with E-state index < -0.39 is 10.0 Å². The Hall–Kier alpha value is -2.66. The highest BCUT2D eigenvalue weighted by atomic mass is 32.2. The number of amides is 1. The SMILES string of the molecule is O=C(CCNS(=O)(=O)c1ccc2c(c1)OCCCO2)Nc1cccc(CN2CCOCC2)c1. The molecule has 33 heavy (non-hydrogen) atoms. The Morgan fingerprint density at radius 3 is 2.58 bits per heavy atom. The molecule has 0 spiro atoms. The fourth-order valence-electron chi connectivity index (χ4n) is 3.68. The van der Waals surface area contributed by atoms with E-state index in [4.69, 9.17) is 14.2 Å². The minimum atomic E-state index is -3.78. The van der Waals surface area contributed by atoms with Gasteiger partial charge in [-0.15, -0.1) is 0 Å². The van der Waals surface area contributed by atoms with E-state index in [1.54, 1.807) is 6.07 Å². The lowest BCUT2D eigenvalue weighted by Gasteiger charge is -2.26. The van der Waals surface area contributed by atoms with Gasteiger partial charge < -0.3 is 19.5 Å². The maximum Gasteiger partial charge on any atom is 0.240 e. The third-order valence-electron chi connectivity index (χ3n) is 5.39. The van der Waals surface area contributed by atoms with E-state index in [1.165, 1.54) is 12.1 Å². The van der Waals surface area contributed by atoms with Crippen LogP contribution < -0.4 is 19.5 Å². The van der Waals surface area contributed by atoms with Gasteiger partial charge in [-0.3, -0.25) is 9.69 Å². The van der Waals surface area contributed by atoms with E-state index in [9.17, 15) is 13.2 Å². The van der Waals surface area contributed by atoms with Gasteiger partial charge in [-0.1, -0.05) is 12.1 Å². The Morgan fingerprint density at radius 1 is 0.970 bits per heavy atom. The van der Waals surface area contributed by atoms with Crippen molar-refractivity contribution in [3.63, 3.8) is 0 Å². The summed E-state index contributed by atoms with van der Waals surface area (Å²) >= 11 is 0. The van der Waals surface area contributed by atoms with E-state index in [-0.39, 0.29) is 23.8 Å². The predicted octanol–water partition coefficient (Wildman–Crippen LogP) is 1.99. The number of rotatable bonds is 8. The number of fused-ring (bicyclic) bond motifs is 1. The first-order valence-electron chi connectivity index (χ1n) is 11.1. The maximum atomic E-state index is 12.6. The molecule has 1 fully saturated rings. The Morgan fingerprint density at radius 2 is 1.76 bits per heavy atom. The predicted molar refractivity (Wildman–Crippen MR) is 123 cm³/mol. The van der Waals surface area contributed by atoms with Crippen molar-refractivity contribution in [2.75, 3.05) is 51.4 Å². The molecule has 2 aromatic rings. The van der Waals surface area contributed by atoms with Crippen LogP contribution in [-0.4, -0.2) is 65.3 Å². The van der Waals surface area contributed by atoms with Gasteiger partial charge in [0.2, 0.25) is 15.9 Å². The minimum absolute atomic E-state index is 0.0114. The van der Waals surface area contributed by atoms with Crippen molar-refractivity contribution in [1.29, 1.82) is 0 Å². The number of nitrogens with zero attached hydrogens (tertiary/aromatic N) is 1. The molecule has 4 rings (SSSR count). The fourth-order valence-corrected chi connectivity index (χ4v) is 4.73. The first kappa shape index (κ1) is 23.5. The van der Waals surface area contributed by atoms with Crippen molar-refractivity contribution in [1.82, 2.24) is 9.62 Å². The fraction of sp³-hybridized carbons (Fsp3) is 0.435. The van der Waals surface area contributed by atoms with Gasteiger partial charge in [-0.05, 0) is 29.8 Å². The summed E-state index contributed by atoms with van der Waals surface area (Å²) in [4.78, 5) is 14.7. The van der Waals surface area contributed by atoms with Gasteiger partial charge in [-0.2, -0.15) is 0 Å². The zero-order valence-electron chi connectivity index (χ0n) is 18.4. The first-order valence-corrected chi connectivity index (χ1v) is 12.6. The van der Waals surface area contributed by atoms with Gasteiger partial charge in [0.15, 0.2) is 11.5 Å². The Bertz CT molecular complexity index is 1070. The van der Waals surface area contributed by atoms with E-state index in [0.29, 0.717) is 30.4 Å². The highest BCUT2D eigenvalue weighted by Gasteiger charge is 2.19. The summed E-state index contributed by atoms with van der Waals surface area (Å²) in [6.07, 6.45) is 0.748. The van der Waals surface area contributed by atoms with E-state index in [0.717, 1.165) is 44.8 Å².